The molecule has 0 unspecified atom stereocenters. The molecule has 0 aliphatic carbocycles. The molecule has 0 aliphatic heterocycles. The molecule has 19 heavy (non-hydrogen) atoms. The molecule has 1 rings (SSSR count). The normalized spacial score (nSPS) is 12.5. The highest BCUT2D eigenvalue weighted by Crippen LogP contribution is 2.20. The minimum atomic E-state index is -3.87. The highest BCUT2D eigenvalue weighted by Gasteiger charge is 2.25. The van der Waals surface area contributed by atoms with Gasteiger partial charge in [0.15, 0.2) is 5.76 Å². The third kappa shape index (κ3) is 4.07. The Hall–Kier alpha value is -1.34. The lowest BCUT2D eigenvalue weighted by Crippen LogP contribution is -2.43. The van der Waals surface area contributed by atoms with E-state index in [1.807, 2.05) is 20.8 Å². The maximum atomic E-state index is 12.0. The molecule has 0 aliphatic rings. The Labute approximate surface area is 113 Å². The van der Waals surface area contributed by atoms with Crippen LogP contribution in [0.1, 0.15) is 49.9 Å². The van der Waals surface area contributed by atoms with Crippen LogP contribution in [-0.2, 0) is 10.0 Å². The summed E-state index contributed by atoms with van der Waals surface area (Å²) in [6.45, 7) is 7.26. The molecule has 108 valence electrons. The number of primary sulfonamides is 1. The molecule has 0 bridgehead atoms. The Morgan fingerprint density at radius 3 is 2.47 bits per heavy atom. The lowest BCUT2D eigenvalue weighted by atomic mass is 9.99. The molecule has 0 aromatic carbocycles. The van der Waals surface area contributed by atoms with E-state index in [9.17, 15) is 13.2 Å². The predicted molar refractivity (Wildman–Crippen MR) is 71.3 cm³/mol. The van der Waals surface area contributed by atoms with Crippen LogP contribution in [0.15, 0.2) is 15.4 Å². The first-order valence-electron chi connectivity index (χ1n) is 6.02. The SMILES string of the molecule is CCCC(C)(C)NC(=O)c1cc(S(N)(=O)=O)c(C)o1. The van der Waals surface area contributed by atoms with Gasteiger partial charge >= 0.3 is 0 Å². The molecule has 1 heterocycles. The Morgan fingerprint density at radius 2 is 2.05 bits per heavy atom. The third-order valence-electron chi connectivity index (χ3n) is 2.73. The van der Waals surface area contributed by atoms with E-state index in [-0.39, 0.29) is 22.0 Å². The molecular weight excluding hydrogens is 268 g/mol. The number of carbonyl (C=O) groups excluding carboxylic acids is 1. The van der Waals surface area contributed by atoms with E-state index in [1.165, 1.54) is 6.92 Å². The number of rotatable bonds is 5. The minimum Gasteiger partial charge on any atom is -0.455 e. The van der Waals surface area contributed by atoms with Gasteiger partial charge in [-0.25, -0.2) is 13.6 Å². The number of sulfonamides is 1. The number of amides is 1. The Kier molecular flexibility index (Phi) is 4.42. The smallest absolute Gasteiger partial charge is 0.287 e. The summed E-state index contributed by atoms with van der Waals surface area (Å²) >= 11 is 0. The van der Waals surface area contributed by atoms with E-state index in [0.717, 1.165) is 18.9 Å². The van der Waals surface area contributed by atoms with Crippen molar-refractivity contribution in [2.24, 2.45) is 5.14 Å². The molecule has 0 fully saturated rings. The summed E-state index contributed by atoms with van der Waals surface area (Å²) in [6.07, 6.45) is 1.73. The zero-order chi connectivity index (χ0) is 14.8. The molecule has 7 heteroatoms. The van der Waals surface area contributed by atoms with Crippen LogP contribution >= 0.6 is 0 Å². The maximum Gasteiger partial charge on any atom is 0.287 e. The number of aryl methyl sites for hydroxylation is 1. The van der Waals surface area contributed by atoms with Crippen LogP contribution in [0.2, 0.25) is 0 Å². The molecule has 1 aromatic rings. The van der Waals surface area contributed by atoms with Crippen molar-refractivity contribution in [3.8, 4) is 0 Å². The summed E-state index contributed by atoms with van der Waals surface area (Å²) in [5.41, 5.74) is -0.381. The number of carbonyl (C=O) groups is 1. The molecule has 0 saturated heterocycles. The van der Waals surface area contributed by atoms with Crippen LogP contribution in [0.4, 0.5) is 0 Å². The van der Waals surface area contributed by atoms with Crippen molar-refractivity contribution in [3.63, 3.8) is 0 Å². The first-order valence-corrected chi connectivity index (χ1v) is 7.57. The first kappa shape index (κ1) is 15.7. The highest BCUT2D eigenvalue weighted by atomic mass is 32.2. The summed E-state index contributed by atoms with van der Waals surface area (Å²) in [5, 5.41) is 7.82. The molecular formula is C12H20N2O4S. The van der Waals surface area contributed by atoms with Crippen molar-refractivity contribution in [2.45, 2.75) is 51.0 Å². The second kappa shape index (κ2) is 5.34. The molecule has 0 spiro atoms. The van der Waals surface area contributed by atoms with E-state index in [1.54, 1.807) is 0 Å². The van der Waals surface area contributed by atoms with Crippen molar-refractivity contribution in [1.82, 2.24) is 5.32 Å². The van der Waals surface area contributed by atoms with E-state index >= 15 is 0 Å². The van der Waals surface area contributed by atoms with Crippen LogP contribution in [-0.4, -0.2) is 19.9 Å². The van der Waals surface area contributed by atoms with E-state index in [0.29, 0.717) is 0 Å². The fraction of sp³-hybridized carbons (Fsp3) is 0.583. The van der Waals surface area contributed by atoms with Gasteiger partial charge in [-0.15, -0.1) is 0 Å². The standard InChI is InChI=1S/C12H20N2O4S/c1-5-6-12(3,4)14-11(15)9-7-10(8(2)18-9)19(13,16)17/h7H,5-6H2,1-4H3,(H,14,15)(H2,13,16,17). The molecule has 0 radical (unpaired) electrons. The quantitative estimate of drug-likeness (QED) is 0.857. The zero-order valence-electron chi connectivity index (χ0n) is 11.6. The molecule has 0 saturated carbocycles. The Balaban J connectivity index is 2.97. The van der Waals surface area contributed by atoms with Gasteiger partial charge < -0.3 is 9.73 Å². The van der Waals surface area contributed by atoms with Crippen molar-refractivity contribution >= 4 is 15.9 Å². The van der Waals surface area contributed by atoms with Crippen molar-refractivity contribution in [1.29, 1.82) is 0 Å². The first-order chi connectivity index (χ1) is 8.57. The summed E-state index contributed by atoms with van der Waals surface area (Å²) in [5.74, 6) is -0.386. The molecule has 1 amide bonds. The van der Waals surface area contributed by atoms with Crippen molar-refractivity contribution < 1.29 is 17.6 Å². The zero-order valence-corrected chi connectivity index (χ0v) is 12.4. The van der Waals surface area contributed by atoms with Crippen LogP contribution in [0.3, 0.4) is 0 Å². The van der Waals surface area contributed by atoms with Crippen LogP contribution < -0.4 is 10.5 Å². The Morgan fingerprint density at radius 1 is 1.47 bits per heavy atom. The largest absolute Gasteiger partial charge is 0.455 e. The van der Waals surface area contributed by atoms with Gasteiger partial charge in [-0.05, 0) is 27.2 Å². The monoisotopic (exact) mass is 288 g/mol. The van der Waals surface area contributed by atoms with E-state index < -0.39 is 15.9 Å². The van der Waals surface area contributed by atoms with Gasteiger partial charge in [-0.1, -0.05) is 13.3 Å². The summed E-state index contributed by atoms with van der Waals surface area (Å²) in [7, 11) is -3.87. The number of nitrogens with one attached hydrogen (secondary N) is 1. The summed E-state index contributed by atoms with van der Waals surface area (Å²) in [4.78, 5) is 11.8. The maximum absolute atomic E-state index is 12.0. The van der Waals surface area contributed by atoms with Gasteiger partial charge in [0.25, 0.3) is 5.91 Å². The van der Waals surface area contributed by atoms with Crippen molar-refractivity contribution in [2.75, 3.05) is 0 Å². The second-order valence-corrected chi connectivity index (χ2v) is 6.69. The molecule has 1 aromatic heterocycles. The predicted octanol–water partition coefficient (Wildman–Crippen LogP) is 1.54. The average Bonchev–Trinajstić information content (AvgIpc) is 2.58. The van der Waals surface area contributed by atoms with Gasteiger partial charge in [0, 0.05) is 11.6 Å². The van der Waals surface area contributed by atoms with Crippen molar-refractivity contribution in [3.05, 3.63) is 17.6 Å². The Bertz CT molecular complexity index is 573. The lowest BCUT2D eigenvalue weighted by molar-refractivity contribution is 0.0879. The highest BCUT2D eigenvalue weighted by molar-refractivity contribution is 7.89. The van der Waals surface area contributed by atoms with Crippen LogP contribution in [0.25, 0.3) is 0 Å². The molecule has 6 nitrogen and oxygen atoms in total. The van der Waals surface area contributed by atoms with E-state index in [4.69, 9.17) is 9.56 Å². The summed E-state index contributed by atoms with van der Waals surface area (Å²) in [6, 6.07) is 1.15. The summed E-state index contributed by atoms with van der Waals surface area (Å²) < 4.78 is 27.7. The number of furan rings is 1. The molecule has 3 N–H and O–H groups in total. The van der Waals surface area contributed by atoms with Gasteiger partial charge in [0.1, 0.15) is 10.7 Å². The fourth-order valence-corrected chi connectivity index (χ4v) is 2.63. The molecule has 0 atom stereocenters. The number of hydrogen-bond donors (Lipinski definition) is 2. The van der Waals surface area contributed by atoms with Gasteiger partial charge in [-0.2, -0.15) is 0 Å². The van der Waals surface area contributed by atoms with Crippen LogP contribution in [0.5, 0.6) is 0 Å². The average molecular weight is 288 g/mol. The van der Waals surface area contributed by atoms with E-state index in [2.05, 4.69) is 5.32 Å². The van der Waals surface area contributed by atoms with Gasteiger partial charge in [0.2, 0.25) is 10.0 Å². The number of hydrogen-bond acceptors (Lipinski definition) is 4. The van der Waals surface area contributed by atoms with Gasteiger partial charge in [-0.3, -0.25) is 4.79 Å². The third-order valence-corrected chi connectivity index (χ3v) is 3.75. The second-order valence-electron chi connectivity index (χ2n) is 5.16. The van der Waals surface area contributed by atoms with Gasteiger partial charge in [0.05, 0.1) is 0 Å². The van der Waals surface area contributed by atoms with Crippen LogP contribution in [0, 0.1) is 6.92 Å². The fourth-order valence-electron chi connectivity index (χ4n) is 1.92. The number of nitrogens with two attached hydrogens (primary N) is 1. The topological polar surface area (TPSA) is 102 Å². The lowest BCUT2D eigenvalue weighted by Gasteiger charge is -2.25. The minimum absolute atomic E-state index is 0.0503.